The van der Waals surface area contributed by atoms with Crippen LogP contribution in [0.25, 0.3) is 0 Å². The number of thiophene rings is 1. The fraction of sp³-hybridized carbons (Fsp3) is 0.190. The molecule has 0 N–H and O–H groups in total. The first kappa shape index (κ1) is 15.1. The minimum Gasteiger partial charge on any atom is -0.293 e. The highest BCUT2D eigenvalue weighted by atomic mass is 32.1. The topological polar surface area (TPSA) is 27.0 Å². The van der Waals surface area contributed by atoms with Crippen LogP contribution >= 0.6 is 11.3 Å². The Morgan fingerprint density at radius 2 is 1.83 bits per heavy atom. The average Bonchev–Trinajstić information content (AvgIpc) is 3.11. The zero-order valence-corrected chi connectivity index (χ0v) is 14.2. The van der Waals surface area contributed by atoms with E-state index >= 15 is 0 Å². The van der Waals surface area contributed by atoms with Gasteiger partial charge in [0.05, 0.1) is 11.6 Å². The van der Waals surface area contributed by atoms with Gasteiger partial charge in [0.2, 0.25) is 0 Å². The fourth-order valence-electron chi connectivity index (χ4n) is 3.51. The third kappa shape index (κ3) is 2.87. The molecule has 0 radical (unpaired) electrons. The molecule has 0 aliphatic carbocycles. The van der Waals surface area contributed by atoms with E-state index in [1.165, 1.54) is 16.0 Å². The van der Waals surface area contributed by atoms with E-state index in [2.05, 4.69) is 58.8 Å². The molecule has 2 aromatic carbocycles. The normalized spacial score (nSPS) is 17.2. The second-order valence-corrected chi connectivity index (χ2v) is 7.20. The summed E-state index contributed by atoms with van der Waals surface area (Å²) in [6.07, 6.45) is 0. The molecule has 0 saturated heterocycles. The van der Waals surface area contributed by atoms with E-state index in [1.807, 2.05) is 29.5 Å². The monoisotopic (exact) mass is 330 g/mol. The highest BCUT2D eigenvalue weighted by molar-refractivity contribution is 7.10. The molecule has 1 unspecified atom stereocenters. The number of nitriles is 1. The molecule has 3 heteroatoms. The summed E-state index contributed by atoms with van der Waals surface area (Å²) in [6, 6.07) is 23.3. The van der Waals surface area contributed by atoms with Gasteiger partial charge in [-0.3, -0.25) is 4.90 Å². The lowest BCUT2D eigenvalue weighted by Gasteiger charge is -2.33. The van der Waals surface area contributed by atoms with Gasteiger partial charge < -0.3 is 0 Å². The first-order chi connectivity index (χ1) is 11.8. The molecule has 4 rings (SSSR count). The molecular weight excluding hydrogens is 312 g/mol. The molecule has 0 amide bonds. The maximum Gasteiger partial charge on any atom is 0.0995 e. The zero-order valence-electron chi connectivity index (χ0n) is 13.4. The van der Waals surface area contributed by atoms with E-state index in [4.69, 9.17) is 0 Å². The van der Waals surface area contributed by atoms with E-state index in [-0.39, 0.29) is 0 Å². The van der Waals surface area contributed by atoms with Crippen LogP contribution < -0.4 is 0 Å². The number of benzene rings is 2. The molecule has 1 atom stereocenters. The summed E-state index contributed by atoms with van der Waals surface area (Å²) in [5, 5.41) is 11.5. The maximum absolute atomic E-state index is 9.34. The van der Waals surface area contributed by atoms with Crippen LogP contribution in [0.2, 0.25) is 0 Å². The Labute approximate surface area is 146 Å². The zero-order chi connectivity index (χ0) is 16.4. The quantitative estimate of drug-likeness (QED) is 0.692. The van der Waals surface area contributed by atoms with Gasteiger partial charge in [0.15, 0.2) is 0 Å². The first-order valence-corrected chi connectivity index (χ1v) is 9.04. The third-order valence-electron chi connectivity index (χ3n) is 4.70. The van der Waals surface area contributed by atoms with Crippen LogP contribution in [0.5, 0.6) is 0 Å². The van der Waals surface area contributed by atoms with Crippen molar-refractivity contribution in [3.05, 3.63) is 93.2 Å². The van der Waals surface area contributed by atoms with Gasteiger partial charge in [-0.25, -0.2) is 0 Å². The molecular formula is C21H18N2S. The van der Waals surface area contributed by atoms with Gasteiger partial charge in [-0.2, -0.15) is 5.26 Å². The fourth-order valence-corrected chi connectivity index (χ4v) is 4.50. The molecule has 1 aliphatic heterocycles. The maximum atomic E-state index is 9.34. The van der Waals surface area contributed by atoms with Gasteiger partial charge in [0, 0.05) is 30.4 Å². The van der Waals surface area contributed by atoms with Crippen molar-refractivity contribution in [2.24, 2.45) is 0 Å². The molecule has 0 bridgehead atoms. The van der Waals surface area contributed by atoms with E-state index in [0.717, 1.165) is 30.8 Å². The van der Waals surface area contributed by atoms with Crippen LogP contribution in [0.1, 0.15) is 33.0 Å². The minimum atomic E-state index is 0.412. The number of hydrogen-bond donors (Lipinski definition) is 0. The molecule has 3 aromatic rings. The second kappa shape index (κ2) is 6.60. The van der Waals surface area contributed by atoms with Crippen LogP contribution in [0.3, 0.4) is 0 Å². The van der Waals surface area contributed by atoms with Gasteiger partial charge in [-0.1, -0.05) is 48.5 Å². The van der Waals surface area contributed by atoms with Crippen molar-refractivity contribution in [3.8, 4) is 6.07 Å². The predicted molar refractivity (Wildman–Crippen MR) is 97.9 cm³/mol. The lowest BCUT2D eigenvalue weighted by atomic mass is 9.88. The van der Waals surface area contributed by atoms with Gasteiger partial charge >= 0.3 is 0 Å². The molecule has 24 heavy (non-hydrogen) atoms. The Hall–Kier alpha value is -2.41. The highest BCUT2D eigenvalue weighted by Gasteiger charge is 2.27. The molecule has 2 heterocycles. The van der Waals surface area contributed by atoms with Crippen molar-refractivity contribution in [2.75, 3.05) is 6.54 Å². The van der Waals surface area contributed by atoms with Gasteiger partial charge in [-0.05, 0) is 34.2 Å². The molecule has 0 spiro atoms. The minimum absolute atomic E-state index is 0.412. The second-order valence-electron chi connectivity index (χ2n) is 6.20. The van der Waals surface area contributed by atoms with Crippen molar-refractivity contribution < 1.29 is 0 Å². The van der Waals surface area contributed by atoms with Gasteiger partial charge in [-0.15, -0.1) is 11.3 Å². The standard InChI is InChI=1S/C21H18N2S/c22-12-17-8-4-5-9-18(17)13-23-14-20(16-6-2-1-3-7-16)19-10-11-24-21(19)15-23/h1-11,20H,13-15H2. The van der Waals surface area contributed by atoms with E-state index < -0.39 is 0 Å². The Balaban J connectivity index is 1.64. The van der Waals surface area contributed by atoms with Crippen molar-refractivity contribution in [2.45, 2.75) is 19.0 Å². The van der Waals surface area contributed by atoms with E-state index in [9.17, 15) is 5.26 Å². The summed E-state index contributed by atoms with van der Waals surface area (Å²) in [6.45, 7) is 2.79. The molecule has 1 aliphatic rings. The summed E-state index contributed by atoms with van der Waals surface area (Å²) in [7, 11) is 0. The smallest absolute Gasteiger partial charge is 0.0995 e. The van der Waals surface area contributed by atoms with E-state index in [1.54, 1.807) is 0 Å². The number of hydrogen-bond acceptors (Lipinski definition) is 3. The Morgan fingerprint density at radius 1 is 1.04 bits per heavy atom. The van der Waals surface area contributed by atoms with Crippen molar-refractivity contribution in [1.82, 2.24) is 4.90 Å². The Bertz CT molecular complexity index is 876. The summed E-state index contributed by atoms with van der Waals surface area (Å²) < 4.78 is 0. The van der Waals surface area contributed by atoms with Crippen molar-refractivity contribution >= 4 is 11.3 Å². The van der Waals surface area contributed by atoms with E-state index in [0.29, 0.717) is 5.92 Å². The summed E-state index contributed by atoms with van der Waals surface area (Å²) in [5.74, 6) is 0.412. The van der Waals surface area contributed by atoms with Crippen LogP contribution in [0.4, 0.5) is 0 Å². The molecule has 1 aromatic heterocycles. The van der Waals surface area contributed by atoms with Crippen LogP contribution in [0.15, 0.2) is 66.0 Å². The largest absolute Gasteiger partial charge is 0.293 e. The Kier molecular flexibility index (Phi) is 4.17. The summed E-state index contributed by atoms with van der Waals surface area (Å²) in [5.41, 5.74) is 4.74. The van der Waals surface area contributed by atoms with Crippen LogP contribution in [0, 0.1) is 11.3 Å². The van der Waals surface area contributed by atoms with Crippen molar-refractivity contribution in [3.63, 3.8) is 0 Å². The number of rotatable bonds is 3. The van der Waals surface area contributed by atoms with Crippen molar-refractivity contribution in [1.29, 1.82) is 5.26 Å². The van der Waals surface area contributed by atoms with Gasteiger partial charge in [0.1, 0.15) is 0 Å². The highest BCUT2D eigenvalue weighted by Crippen LogP contribution is 2.36. The first-order valence-electron chi connectivity index (χ1n) is 8.16. The summed E-state index contributed by atoms with van der Waals surface area (Å²) in [4.78, 5) is 3.91. The van der Waals surface area contributed by atoms with Gasteiger partial charge in [0.25, 0.3) is 0 Å². The SMILES string of the molecule is N#Cc1ccccc1CN1Cc2sccc2C(c2ccccc2)C1. The predicted octanol–water partition coefficient (Wildman–Crippen LogP) is 4.77. The number of nitrogens with zero attached hydrogens (tertiary/aromatic N) is 2. The van der Waals surface area contributed by atoms with Crippen LogP contribution in [-0.4, -0.2) is 11.4 Å². The molecule has 2 nitrogen and oxygen atoms in total. The Morgan fingerprint density at radius 3 is 2.67 bits per heavy atom. The number of fused-ring (bicyclic) bond motifs is 1. The third-order valence-corrected chi connectivity index (χ3v) is 5.62. The molecule has 0 fully saturated rings. The summed E-state index contributed by atoms with van der Waals surface area (Å²) >= 11 is 1.84. The molecule has 0 saturated carbocycles. The lowest BCUT2D eigenvalue weighted by molar-refractivity contribution is 0.235. The van der Waals surface area contributed by atoms with Crippen LogP contribution in [-0.2, 0) is 13.1 Å². The lowest BCUT2D eigenvalue weighted by Crippen LogP contribution is -2.33. The average molecular weight is 330 g/mol. The molecule has 118 valence electrons.